The summed E-state index contributed by atoms with van der Waals surface area (Å²) in [5.41, 5.74) is 3.87. The Bertz CT molecular complexity index is 804. The van der Waals surface area contributed by atoms with E-state index < -0.39 is 0 Å². The number of nitrogens with zero attached hydrogens (tertiary/aromatic N) is 3. The molecule has 26 heavy (non-hydrogen) atoms. The van der Waals surface area contributed by atoms with Gasteiger partial charge in [-0.1, -0.05) is 31.0 Å². The van der Waals surface area contributed by atoms with E-state index >= 15 is 0 Å². The van der Waals surface area contributed by atoms with Gasteiger partial charge in [0, 0.05) is 24.0 Å². The number of hydrogen-bond acceptors (Lipinski definition) is 2. The monoisotopic (exact) mass is 371 g/mol. The lowest BCUT2D eigenvalue weighted by molar-refractivity contribution is 0.0722. The summed E-state index contributed by atoms with van der Waals surface area (Å²) in [4.78, 5) is 15.4. The highest BCUT2D eigenvalue weighted by atomic mass is 35.5. The predicted molar refractivity (Wildman–Crippen MR) is 104 cm³/mol. The topological polar surface area (TPSA) is 38.1 Å². The summed E-state index contributed by atoms with van der Waals surface area (Å²) in [7, 11) is 0. The van der Waals surface area contributed by atoms with E-state index in [1.54, 1.807) is 0 Å². The highest BCUT2D eigenvalue weighted by Crippen LogP contribution is 2.43. The molecule has 0 N–H and O–H groups in total. The Morgan fingerprint density at radius 1 is 1.23 bits per heavy atom. The quantitative estimate of drug-likeness (QED) is 0.743. The number of likely N-dealkylation sites (tertiary alicyclic amines) is 1. The van der Waals surface area contributed by atoms with Gasteiger partial charge in [-0.25, -0.2) is 4.68 Å². The van der Waals surface area contributed by atoms with Crippen molar-refractivity contribution in [3.8, 4) is 5.69 Å². The maximum absolute atomic E-state index is 13.4. The summed E-state index contributed by atoms with van der Waals surface area (Å²) in [5.74, 6) is 0.623. The minimum absolute atomic E-state index is 0.184. The Hall–Kier alpha value is -1.81. The standard InChI is InChI=1S/C21H26ClN3O/c1-2-7-18-19(21(26)24-12-4-3-5-13-24)20(15-10-11-15)23-25(18)17-9-6-8-16(22)14-17/h6,8-9,14-15H,2-5,7,10-13H2,1H3. The lowest BCUT2D eigenvalue weighted by Gasteiger charge is -2.27. The van der Waals surface area contributed by atoms with Gasteiger partial charge >= 0.3 is 0 Å². The molecule has 0 atom stereocenters. The number of carbonyl (C=O) groups excluding carboxylic acids is 1. The normalized spacial score (nSPS) is 17.5. The largest absolute Gasteiger partial charge is 0.339 e. The second-order valence-corrected chi connectivity index (χ2v) is 7.91. The van der Waals surface area contributed by atoms with Crippen LogP contribution in [0.15, 0.2) is 24.3 Å². The van der Waals surface area contributed by atoms with Gasteiger partial charge in [0.2, 0.25) is 0 Å². The van der Waals surface area contributed by atoms with Crippen LogP contribution in [0.2, 0.25) is 5.02 Å². The molecule has 1 amide bonds. The van der Waals surface area contributed by atoms with E-state index in [0.717, 1.165) is 74.3 Å². The van der Waals surface area contributed by atoms with Crippen molar-refractivity contribution in [2.45, 2.75) is 57.8 Å². The average Bonchev–Trinajstić information content (AvgIpc) is 3.44. The van der Waals surface area contributed by atoms with E-state index in [9.17, 15) is 4.79 Å². The van der Waals surface area contributed by atoms with Crippen molar-refractivity contribution in [1.82, 2.24) is 14.7 Å². The Kier molecular flexibility index (Phi) is 5.03. The lowest BCUT2D eigenvalue weighted by atomic mass is 10.0. The molecule has 0 unspecified atom stereocenters. The number of rotatable bonds is 5. The van der Waals surface area contributed by atoms with Gasteiger partial charge in [-0.3, -0.25) is 4.79 Å². The van der Waals surface area contributed by atoms with Gasteiger partial charge in [0.1, 0.15) is 0 Å². The third-order valence-electron chi connectivity index (χ3n) is 5.37. The first kappa shape index (κ1) is 17.6. The van der Waals surface area contributed by atoms with E-state index in [0.29, 0.717) is 10.9 Å². The highest BCUT2D eigenvalue weighted by Gasteiger charge is 2.36. The molecular formula is C21H26ClN3O. The maximum Gasteiger partial charge on any atom is 0.257 e. The zero-order valence-corrected chi connectivity index (χ0v) is 16.1. The lowest BCUT2D eigenvalue weighted by Crippen LogP contribution is -2.36. The number of amides is 1. The van der Waals surface area contributed by atoms with Crippen molar-refractivity contribution in [3.05, 3.63) is 46.2 Å². The molecule has 1 saturated heterocycles. The van der Waals surface area contributed by atoms with Gasteiger partial charge in [-0.05, 0) is 56.7 Å². The summed E-state index contributed by atoms with van der Waals surface area (Å²) in [5, 5.41) is 5.62. The number of hydrogen-bond donors (Lipinski definition) is 0. The number of piperidine rings is 1. The fraction of sp³-hybridized carbons (Fsp3) is 0.524. The Morgan fingerprint density at radius 3 is 2.65 bits per heavy atom. The molecule has 0 radical (unpaired) electrons. The Balaban J connectivity index is 1.81. The number of aromatic nitrogens is 2. The molecule has 2 fully saturated rings. The van der Waals surface area contributed by atoms with Gasteiger partial charge < -0.3 is 4.90 Å². The molecule has 0 bridgehead atoms. The van der Waals surface area contributed by atoms with Crippen LogP contribution in [0.4, 0.5) is 0 Å². The van der Waals surface area contributed by atoms with Gasteiger partial charge in [-0.15, -0.1) is 0 Å². The molecule has 1 aromatic carbocycles. The number of benzene rings is 1. The predicted octanol–water partition coefficient (Wildman–Crippen LogP) is 4.98. The molecule has 138 valence electrons. The molecule has 0 spiro atoms. The van der Waals surface area contributed by atoms with Crippen molar-refractivity contribution in [1.29, 1.82) is 0 Å². The van der Waals surface area contributed by atoms with Crippen molar-refractivity contribution in [2.24, 2.45) is 0 Å². The molecule has 1 aliphatic heterocycles. The van der Waals surface area contributed by atoms with Crippen LogP contribution in [0.1, 0.15) is 73.1 Å². The van der Waals surface area contributed by atoms with E-state index in [-0.39, 0.29) is 5.91 Å². The fourth-order valence-corrected chi connectivity index (χ4v) is 4.08. The molecule has 1 aliphatic carbocycles. The van der Waals surface area contributed by atoms with Crippen molar-refractivity contribution >= 4 is 17.5 Å². The molecule has 2 aliphatic rings. The third kappa shape index (κ3) is 3.39. The smallest absolute Gasteiger partial charge is 0.257 e. The minimum Gasteiger partial charge on any atom is -0.339 e. The van der Waals surface area contributed by atoms with Crippen molar-refractivity contribution < 1.29 is 4.79 Å². The summed E-state index contributed by atoms with van der Waals surface area (Å²) in [6.45, 7) is 3.90. The van der Waals surface area contributed by atoms with Gasteiger partial charge in [-0.2, -0.15) is 5.10 Å². The number of halogens is 1. The van der Waals surface area contributed by atoms with E-state index in [1.807, 2.05) is 33.8 Å². The molecule has 5 heteroatoms. The second-order valence-electron chi connectivity index (χ2n) is 7.48. The van der Waals surface area contributed by atoms with E-state index in [1.165, 1.54) is 6.42 Å². The first-order chi connectivity index (χ1) is 12.7. The van der Waals surface area contributed by atoms with Crippen LogP contribution >= 0.6 is 11.6 Å². The van der Waals surface area contributed by atoms with E-state index in [4.69, 9.17) is 16.7 Å². The maximum atomic E-state index is 13.4. The molecule has 4 rings (SSSR count). The van der Waals surface area contributed by atoms with Crippen LogP contribution in [0, 0.1) is 0 Å². The van der Waals surface area contributed by atoms with Crippen LogP contribution in [0.25, 0.3) is 5.69 Å². The molecule has 2 heterocycles. The van der Waals surface area contributed by atoms with Crippen LogP contribution in [-0.2, 0) is 6.42 Å². The molecule has 4 nitrogen and oxygen atoms in total. The fourth-order valence-electron chi connectivity index (χ4n) is 3.89. The van der Waals surface area contributed by atoms with Crippen molar-refractivity contribution in [2.75, 3.05) is 13.1 Å². The summed E-state index contributed by atoms with van der Waals surface area (Å²) < 4.78 is 1.97. The van der Waals surface area contributed by atoms with Gasteiger partial charge in [0.15, 0.2) is 0 Å². The Morgan fingerprint density at radius 2 is 2.00 bits per heavy atom. The highest BCUT2D eigenvalue weighted by molar-refractivity contribution is 6.30. The molecule has 1 saturated carbocycles. The SMILES string of the molecule is CCCc1c(C(=O)N2CCCCC2)c(C2CC2)nn1-c1cccc(Cl)c1. The van der Waals surface area contributed by atoms with Gasteiger partial charge in [0.25, 0.3) is 5.91 Å². The van der Waals surface area contributed by atoms with Gasteiger partial charge in [0.05, 0.1) is 22.6 Å². The zero-order valence-electron chi connectivity index (χ0n) is 15.4. The summed E-state index contributed by atoms with van der Waals surface area (Å²) in [6.07, 6.45) is 7.55. The average molecular weight is 372 g/mol. The Labute approximate surface area is 160 Å². The summed E-state index contributed by atoms with van der Waals surface area (Å²) >= 11 is 6.21. The van der Waals surface area contributed by atoms with Crippen LogP contribution < -0.4 is 0 Å². The molecule has 1 aromatic heterocycles. The first-order valence-corrected chi connectivity index (χ1v) is 10.2. The van der Waals surface area contributed by atoms with Crippen LogP contribution in [0.3, 0.4) is 0 Å². The van der Waals surface area contributed by atoms with Crippen molar-refractivity contribution in [3.63, 3.8) is 0 Å². The van der Waals surface area contributed by atoms with Crippen LogP contribution in [-0.4, -0.2) is 33.7 Å². The number of carbonyl (C=O) groups is 1. The molecular weight excluding hydrogens is 346 g/mol. The van der Waals surface area contributed by atoms with Crippen LogP contribution in [0.5, 0.6) is 0 Å². The third-order valence-corrected chi connectivity index (χ3v) is 5.60. The minimum atomic E-state index is 0.184. The first-order valence-electron chi connectivity index (χ1n) is 9.86. The van der Waals surface area contributed by atoms with E-state index in [2.05, 4.69) is 6.92 Å². The zero-order chi connectivity index (χ0) is 18.1. The second kappa shape index (κ2) is 7.43. The summed E-state index contributed by atoms with van der Waals surface area (Å²) in [6, 6.07) is 7.76. The molecule has 2 aromatic rings.